The van der Waals surface area contributed by atoms with Crippen LogP contribution in [0.1, 0.15) is 20.8 Å². The van der Waals surface area contributed by atoms with E-state index < -0.39 is 0 Å². The van der Waals surface area contributed by atoms with Gasteiger partial charge in [0.1, 0.15) is 0 Å². The summed E-state index contributed by atoms with van der Waals surface area (Å²) in [4.78, 5) is 0. The molecular weight excluding hydrogens is 184 g/mol. The SMILES string of the molecule is CCN(SN1CCOCC1)C(C)C. The molecule has 1 saturated heterocycles. The fourth-order valence-corrected chi connectivity index (χ4v) is 2.21. The van der Waals surface area contributed by atoms with Gasteiger partial charge in [0.15, 0.2) is 0 Å². The summed E-state index contributed by atoms with van der Waals surface area (Å²) in [5, 5.41) is 0. The lowest BCUT2D eigenvalue weighted by Crippen LogP contribution is -2.36. The number of hydrogen-bond donors (Lipinski definition) is 0. The summed E-state index contributed by atoms with van der Waals surface area (Å²) in [6, 6.07) is 0.609. The molecule has 0 bridgehead atoms. The number of nitrogens with zero attached hydrogens (tertiary/aromatic N) is 2. The first-order valence-corrected chi connectivity index (χ1v) is 5.74. The lowest BCUT2D eigenvalue weighted by Gasteiger charge is -2.32. The van der Waals surface area contributed by atoms with Crippen LogP contribution in [0.3, 0.4) is 0 Å². The highest BCUT2D eigenvalue weighted by molar-refractivity contribution is 7.94. The fraction of sp³-hybridized carbons (Fsp3) is 1.00. The van der Waals surface area contributed by atoms with Gasteiger partial charge in [-0.3, -0.25) is 0 Å². The summed E-state index contributed by atoms with van der Waals surface area (Å²) in [6.07, 6.45) is 0. The molecule has 0 aromatic carbocycles. The molecule has 0 aromatic heterocycles. The van der Waals surface area contributed by atoms with Crippen molar-refractivity contribution in [2.75, 3.05) is 32.8 Å². The maximum Gasteiger partial charge on any atom is 0.0603 e. The van der Waals surface area contributed by atoms with Crippen LogP contribution in [0.15, 0.2) is 0 Å². The Labute approximate surface area is 85.7 Å². The van der Waals surface area contributed by atoms with Gasteiger partial charge in [-0.15, -0.1) is 0 Å². The van der Waals surface area contributed by atoms with Crippen molar-refractivity contribution in [1.82, 2.24) is 8.61 Å². The second kappa shape index (κ2) is 5.86. The summed E-state index contributed by atoms with van der Waals surface area (Å²) in [6.45, 7) is 11.6. The zero-order valence-corrected chi connectivity index (χ0v) is 9.64. The Morgan fingerprint density at radius 2 is 2.00 bits per heavy atom. The van der Waals surface area contributed by atoms with Crippen molar-refractivity contribution in [2.45, 2.75) is 26.8 Å². The van der Waals surface area contributed by atoms with E-state index in [9.17, 15) is 0 Å². The van der Waals surface area contributed by atoms with E-state index in [1.807, 2.05) is 12.1 Å². The van der Waals surface area contributed by atoms with E-state index >= 15 is 0 Å². The molecule has 0 radical (unpaired) electrons. The summed E-state index contributed by atoms with van der Waals surface area (Å²) >= 11 is 1.86. The Morgan fingerprint density at radius 1 is 1.38 bits per heavy atom. The molecule has 0 unspecified atom stereocenters. The molecule has 0 aliphatic carbocycles. The lowest BCUT2D eigenvalue weighted by atomic mass is 10.4. The van der Waals surface area contributed by atoms with Crippen LogP contribution in [0.25, 0.3) is 0 Å². The first-order chi connectivity index (χ1) is 6.24. The first kappa shape index (κ1) is 11.3. The second-order valence-corrected chi connectivity index (χ2v) is 4.60. The van der Waals surface area contributed by atoms with Gasteiger partial charge in [0.25, 0.3) is 0 Å². The van der Waals surface area contributed by atoms with Crippen LogP contribution < -0.4 is 0 Å². The molecule has 0 aromatic rings. The zero-order chi connectivity index (χ0) is 9.68. The molecule has 1 aliphatic rings. The monoisotopic (exact) mass is 204 g/mol. The summed E-state index contributed by atoms with van der Waals surface area (Å²) in [7, 11) is 0. The predicted molar refractivity (Wildman–Crippen MR) is 57.5 cm³/mol. The average molecular weight is 204 g/mol. The molecule has 0 N–H and O–H groups in total. The normalized spacial score (nSPS) is 20.1. The van der Waals surface area contributed by atoms with Crippen molar-refractivity contribution >= 4 is 12.1 Å². The van der Waals surface area contributed by atoms with Gasteiger partial charge in [-0.1, -0.05) is 6.92 Å². The highest BCUT2D eigenvalue weighted by atomic mass is 32.2. The standard InChI is InChI=1S/C9H20N2OS/c1-4-11(9(2)3)13-10-5-7-12-8-6-10/h9H,4-8H2,1-3H3. The van der Waals surface area contributed by atoms with Crippen molar-refractivity contribution in [2.24, 2.45) is 0 Å². The molecule has 0 amide bonds. The van der Waals surface area contributed by atoms with Crippen LogP contribution in [0.4, 0.5) is 0 Å². The Hall–Kier alpha value is 0.230. The topological polar surface area (TPSA) is 15.7 Å². The Balaban J connectivity index is 2.27. The van der Waals surface area contributed by atoms with E-state index in [-0.39, 0.29) is 0 Å². The quantitative estimate of drug-likeness (QED) is 0.646. The third-order valence-corrected chi connectivity index (χ3v) is 3.56. The molecule has 4 heteroatoms. The van der Waals surface area contributed by atoms with E-state index in [2.05, 4.69) is 29.4 Å². The van der Waals surface area contributed by atoms with Gasteiger partial charge in [0.05, 0.1) is 13.2 Å². The summed E-state index contributed by atoms with van der Waals surface area (Å²) in [5.41, 5.74) is 0. The minimum atomic E-state index is 0.609. The number of morpholine rings is 1. The lowest BCUT2D eigenvalue weighted by molar-refractivity contribution is 0.0755. The van der Waals surface area contributed by atoms with Crippen LogP contribution in [0.2, 0.25) is 0 Å². The number of hydrogen-bond acceptors (Lipinski definition) is 4. The van der Waals surface area contributed by atoms with Gasteiger partial charge in [-0.25, -0.2) is 8.61 Å². The predicted octanol–water partition coefficient (Wildman–Crippen LogP) is 1.61. The van der Waals surface area contributed by atoms with E-state index in [1.165, 1.54) is 0 Å². The van der Waals surface area contributed by atoms with Crippen molar-refractivity contribution < 1.29 is 4.74 Å². The van der Waals surface area contributed by atoms with E-state index in [0.29, 0.717) is 6.04 Å². The first-order valence-electron chi connectivity index (χ1n) is 5.01. The third kappa shape index (κ3) is 3.85. The largest absolute Gasteiger partial charge is 0.379 e. The zero-order valence-electron chi connectivity index (χ0n) is 8.82. The highest BCUT2D eigenvalue weighted by Crippen LogP contribution is 2.19. The van der Waals surface area contributed by atoms with Gasteiger partial charge in [-0.05, 0) is 13.8 Å². The third-order valence-electron chi connectivity index (χ3n) is 2.08. The molecule has 13 heavy (non-hydrogen) atoms. The Morgan fingerprint density at radius 3 is 2.46 bits per heavy atom. The van der Waals surface area contributed by atoms with Crippen LogP contribution in [-0.4, -0.2) is 47.5 Å². The molecule has 1 aliphatic heterocycles. The van der Waals surface area contributed by atoms with Gasteiger partial charge in [0, 0.05) is 37.8 Å². The van der Waals surface area contributed by atoms with Gasteiger partial charge in [-0.2, -0.15) is 0 Å². The summed E-state index contributed by atoms with van der Waals surface area (Å²) < 4.78 is 10.1. The van der Waals surface area contributed by atoms with Crippen LogP contribution in [-0.2, 0) is 4.74 Å². The van der Waals surface area contributed by atoms with Crippen molar-refractivity contribution in [3.8, 4) is 0 Å². The van der Waals surface area contributed by atoms with Crippen molar-refractivity contribution in [1.29, 1.82) is 0 Å². The van der Waals surface area contributed by atoms with Crippen LogP contribution in [0, 0.1) is 0 Å². The van der Waals surface area contributed by atoms with Gasteiger partial charge in [0.2, 0.25) is 0 Å². The fourth-order valence-electron chi connectivity index (χ4n) is 1.29. The molecule has 3 nitrogen and oxygen atoms in total. The molecule has 78 valence electrons. The average Bonchev–Trinajstić information content (AvgIpc) is 2.15. The smallest absolute Gasteiger partial charge is 0.0603 e. The summed E-state index contributed by atoms with van der Waals surface area (Å²) in [5.74, 6) is 0. The van der Waals surface area contributed by atoms with E-state index in [0.717, 1.165) is 32.8 Å². The molecule has 1 fully saturated rings. The second-order valence-electron chi connectivity index (χ2n) is 3.45. The molecule has 0 atom stereocenters. The van der Waals surface area contributed by atoms with Crippen LogP contribution >= 0.6 is 12.1 Å². The molecule has 1 rings (SSSR count). The van der Waals surface area contributed by atoms with E-state index in [1.54, 1.807) is 0 Å². The Bertz CT molecular complexity index is 138. The van der Waals surface area contributed by atoms with Gasteiger partial charge < -0.3 is 4.74 Å². The number of rotatable bonds is 4. The highest BCUT2D eigenvalue weighted by Gasteiger charge is 2.16. The molecule has 0 spiro atoms. The van der Waals surface area contributed by atoms with Gasteiger partial charge >= 0.3 is 0 Å². The Kier molecular flexibility index (Phi) is 5.09. The molecule has 0 saturated carbocycles. The van der Waals surface area contributed by atoms with Crippen molar-refractivity contribution in [3.63, 3.8) is 0 Å². The maximum absolute atomic E-state index is 5.30. The maximum atomic E-state index is 5.30. The molecular formula is C9H20N2OS. The van der Waals surface area contributed by atoms with E-state index in [4.69, 9.17) is 4.74 Å². The number of ether oxygens (including phenoxy) is 1. The van der Waals surface area contributed by atoms with Crippen LogP contribution in [0.5, 0.6) is 0 Å². The minimum absolute atomic E-state index is 0.609. The molecule has 1 heterocycles. The minimum Gasteiger partial charge on any atom is -0.379 e. The van der Waals surface area contributed by atoms with Crippen molar-refractivity contribution in [3.05, 3.63) is 0 Å².